The number of nitrogens with one attached hydrogen (secondary N) is 2. The number of carbonyl (C=O) groups is 2. The van der Waals surface area contributed by atoms with Crippen molar-refractivity contribution in [2.75, 3.05) is 6.54 Å². The summed E-state index contributed by atoms with van der Waals surface area (Å²) in [6, 6.07) is -0.121. The first kappa shape index (κ1) is 17.7. The number of amides is 2. The number of rotatable bonds is 10. The Hall–Kier alpha value is -1.26. The van der Waals surface area contributed by atoms with Crippen LogP contribution < -0.4 is 10.6 Å². The lowest BCUT2D eigenvalue weighted by molar-refractivity contribution is -0.137. The summed E-state index contributed by atoms with van der Waals surface area (Å²) < 4.78 is 0. The van der Waals surface area contributed by atoms with Crippen molar-refractivity contribution in [3.63, 3.8) is 0 Å². The number of aliphatic carboxylic acids is 1. The van der Waals surface area contributed by atoms with Gasteiger partial charge in [0.05, 0.1) is 0 Å². The maximum absolute atomic E-state index is 11.8. The summed E-state index contributed by atoms with van der Waals surface area (Å²) >= 11 is 0. The largest absolute Gasteiger partial charge is 0.481 e. The zero-order chi connectivity index (χ0) is 14.7. The molecule has 5 nitrogen and oxygen atoms in total. The molecule has 0 spiro atoms. The molecule has 2 amide bonds. The number of carboxylic acids is 1. The summed E-state index contributed by atoms with van der Waals surface area (Å²) in [5.74, 6) is -0.760. The monoisotopic (exact) mass is 272 g/mol. The molecule has 0 heterocycles. The van der Waals surface area contributed by atoms with E-state index in [2.05, 4.69) is 31.4 Å². The number of hydrogen-bond acceptors (Lipinski definition) is 2. The van der Waals surface area contributed by atoms with Crippen LogP contribution in [0.25, 0.3) is 0 Å². The van der Waals surface area contributed by atoms with Gasteiger partial charge in [0.25, 0.3) is 0 Å². The molecule has 0 bridgehead atoms. The number of hydrogen-bond donors (Lipinski definition) is 3. The van der Waals surface area contributed by atoms with Gasteiger partial charge in [-0.3, -0.25) is 4.79 Å². The molecule has 0 atom stereocenters. The molecular formula is C14H28N2O3. The fourth-order valence-electron chi connectivity index (χ4n) is 2.08. The van der Waals surface area contributed by atoms with Crippen molar-refractivity contribution >= 4 is 12.0 Å². The van der Waals surface area contributed by atoms with E-state index in [1.807, 2.05) is 0 Å². The van der Waals surface area contributed by atoms with Gasteiger partial charge in [0.1, 0.15) is 0 Å². The summed E-state index contributed by atoms with van der Waals surface area (Å²) in [7, 11) is 0. The summed E-state index contributed by atoms with van der Waals surface area (Å²) in [5, 5.41) is 14.4. The second-order valence-corrected chi connectivity index (χ2v) is 4.93. The molecule has 0 aliphatic rings. The van der Waals surface area contributed by atoms with Crippen LogP contribution in [0.1, 0.15) is 65.7 Å². The van der Waals surface area contributed by atoms with Crippen molar-refractivity contribution in [1.82, 2.24) is 10.6 Å². The Labute approximate surface area is 116 Å². The van der Waals surface area contributed by atoms with Gasteiger partial charge in [0.15, 0.2) is 0 Å². The quantitative estimate of drug-likeness (QED) is 0.535. The van der Waals surface area contributed by atoms with Gasteiger partial charge in [-0.25, -0.2) is 4.79 Å². The maximum atomic E-state index is 11.8. The summed E-state index contributed by atoms with van der Waals surface area (Å²) in [4.78, 5) is 22.1. The molecule has 0 radical (unpaired) electrons. The Kier molecular flexibility index (Phi) is 9.00. The van der Waals surface area contributed by atoms with Crippen LogP contribution in [0, 0.1) is 0 Å². The molecule has 0 aromatic carbocycles. The van der Waals surface area contributed by atoms with E-state index in [0.29, 0.717) is 13.0 Å². The minimum absolute atomic E-state index is 0.104. The van der Waals surface area contributed by atoms with Gasteiger partial charge < -0.3 is 15.7 Å². The number of carboxylic acid groups (broad SMARTS) is 1. The van der Waals surface area contributed by atoms with E-state index < -0.39 is 5.97 Å². The lowest BCUT2D eigenvalue weighted by Gasteiger charge is -2.31. The van der Waals surface area contributed by atoms with Crippen molar-refractivity contribution in [2.45, 2.75) is 71.3 Å². The summed E-state index contributed by atoms with van der Waals surface area (Å²) in [5.41, 5.74) is -0.104. The van der Waals surface area contributed by atoms with Crippen molar-refractivity contribution in [2.24, 2.45) is 0 Å². The molecule has 0 aliphatic heterocycles. The predicted octanol–water partition coefficient (Wildman–Crippen LogP) is 2.90. The van der Waals surface area contributed by atoms with Crippen LogP contribution >= 0.6 is 0 Å². The van der Waals surface area contributed by atoms with Crippen molar-refractivity contribution < 1.29 is 14.7 Å². The Morgan fingerprint density at radius 3 is 2.05 bits per heavy atom. The molecule has 3 N–H and O–H groups in total. The van der Waals surface area contributed by atoms with E-state index in [0.717, 1.165) is 32.1 Å². The van der Waals surface area contributed by atoms with Gasteiger partial charge in [-0.2, -0.15) is 0 Å². The van der Waals surface area contributed by atoms with E-state index >= 15 is 0 Å². The number of unbranched alkanes of at least 4 members (excludes halogenated alkanes) is 2. The lowest BCUT2D eigenvalue weighted by atomic mass is 9.90. The van der Waals surface area contributed by atoms with Crippen LogP contribution in [-0.4, -0.2) is 29.2 Å². The minimum atomic E-state index is -0.760. The third kappa shape index (κ3) is 7.70. The van der Waals surface area contributed by atoms with Crippen LogP contribution in [-0.2, 0) is 4.79 Å². The standard InChI is InChI=1S/C14H28N2O3/c1-4-14(5-2,6-3)16-13(19)15-11-9-7-8-10-12(17)18/h4-11H2,1-3H3,(H,17,18)(H2,15,16,19). The molecule has 0 fully saturated rings. The van der Waals surface area contributed by atoms with Crippen LogP contribution in [0.3, 0.4) is 0 Å². The van der Waals surface area contributed by atoms with Gasteiger partial charge in [-0.05, 0) is 32.1 Å². The highest BCUT2D eigenvalue weighted by molar-refractivity contribution is 5.74. The average Bonchev–Trinajstić information content (AvgIpc) is 2.40. The number of urea groups is 1. The Morgan fingerprint density at radius 1 is 1.00 bits per heavy atom. The Balaban J connectivity index is 3.77. The maximum Gasteiger partial charge on any atom is 0.315 e. The topological polar surface area (TPSA) is 78.4 Å². The second-order valence-electron chi connectivity index (χ2n) is 4.93. The second kappa shape index (κ2) is 9.64. The van der Waals surface area contributed by atoms with Crippen LogP contribution in [0.15, 0.2) is 0 Å². The molecule has 0 aromatic rings. The highest BCUT2D eigenvalue weighted by Crippen LogP contribution is 2.18. The zero-order valence-corrected chi connectivity index (χ0v) is 12.4. The molecule has 19 heavy (non-hydrogen) atoms. The van der Waals surface area contributed by atoms with Crippen LogP contribution in [0.2, 0.25) is 0 Å². The molecule has 0 aromatic heterocycles. The molecule has 112 valence electrons. The predicted molar refractivity (Wildman–Crippen MR) is 76.2 cm³/mol. The van der Waals surface area contributed by atoms with Crippen molar-refractivity contribution in [3.8, 4) is 0 Å². The first-order valence-electron chi connectivity index (χ1n) is 7.27. The van der Waals surface area contributed by atoms with E-state index in [1.54, 1.807) is 0 Å². The van der Waals surface area contributed by atoms with Crippen molar-refractivity contribution in [3.05, 3.63) is 0 Å². The SMILES string of the molecule is CCC(CC)(CC)NC(=O)NCCCCCC(=O)O. The molecule has 5 heteroatoms. The molecule has 0 unspecified atom stereocenters. The van der Waals surface area contributed by atoms with E-state index in [4.69, 9.17) is 5.11 Å². The third-order valence-corrected chi connectivity index (χ3v) is 3.76. The fourth-order valence-corrected chi connectivity index (χ4v) is 2.08. The highest BCUT2D eigenvalue weighted by Gasteiger charge is 2.25. The van der Waals surface area contributed by atoms with Crippen LogP contribution in [0.5, 0.6) is 0 Å². The van der Waals surface area contributed by atoms with Gasteiger partial charge in [-0.1, -0.05) is 27.2 Å². The van der Waals surface area contributed by atoms with E-state index in [-0.39, 0.29) is 18.0 Å². The van der Waals surface area contributed by atoms with Gasteiger partial charge in [-0.15, -0.1) is 0 Å². The van der Waals surface area contributed by atoms with Gasteiger partial charge in [0, 0.05) is 18.5 Å². The van der Waals surface area contributed by atoms with Crippen LogP contribution in [0.4, 0.5) is 4.79 Å². The highest BCUT2D eigenvalue weighted by atomic mass is 16.4. The first-order chi connectivity index (χ1) is 8.99. The first-order valence-corrected chi connectivity index (χ1v) is 7.27. The summed E-state index contributed by atoms with van der Waals surface area (Å²) in [6.45, 7) is 6.84. The minimum Gasteiger partial charge on any atom is -0.481 e. The van der Waals surface area contributed by atoms with Crippen molar-refractivity contribution in [1.29, 1.82) is 0 Å². The van der Waals surface area contributed by atoms with Gasteiger partial charge in [0.2, 0.25) is 0 Å². The third-order valence-electron chi connectivity index (χ3n) is 3.76. The Morgan fingerprint density at radius 2 is 1.58 bits per heavy atom. The molecular weight excluding hydrogens is 244 g/mol. The smallest absolute Gasteiger partial charge is 0.315 e. The van der Waals surface area contributed by atoms with E-state index in [1.165, 1.54) is 0 Å². The van der Waals surface area contributed by atoms with Gasteiger partial charge >= 0.3 is 12.0 Å². The Bertz CT molecular complexity index is 268. The average molecular weight is 272 g/mol. The zero-order valence-electron chi connectivity index (χ0n) is 12.4. The molecule has 0 saturated carbocycles. The lowest BCUT2D eigenvalue weighted by Crippen LogP contribution is -2.51. The fraction of sp³-hybridized carbons (Fsp3) is 0.857. The summed E-state index contributed by atoms with van der Waals surface area (Å²) in [6.07, 6.45) is 5.29. The van der Waals surface area contributed by atoms with E-state index in [9.17, 15) is 9.59 Å². The normalized spacial score (nSPS) is 11.1. The number of carbonyl (C=O) groups excluding carboxylic acids is 1. The molecule has 0 aliphatic carbocycles. The molecule has 0 rings (SSSR count). The molecule has 0 saturated heterocycles.